The minimum atomic E-state index is -0.424. The molecule has 0 aliphatic carbocycles. The third-order valence-electron chi connectivity index (χ3n) is 2.00. The van der Waals surface area contributed by atoms with E-state index in [9.17, 15) is 4.39 Å². The molecular formula is C10H6Cl2FIN2. The van der Waals surface area contributed by atoms with Gasteiger partial charge in [-0.05, 0) is 40.3 Å². The van der Waals surface area contributed by atoms with Crippen LogP contribution in [0.1, 0.15) is 5.56 Å². The van der Waals surface area contributed by atoms with E-state index in [2.05, 4.69) is 5.10 Å². The van der Waals surface area contributed by atoms with Gasteiger partial charge in [-0.25, -0.2) is 4.39 Å². The van der Waals surface area contributed by atoms with Crippen LogP contribution in [0.3, 0.4) is 0 Å². The molecule has 0 saturated carbocycles. The molecule has 84 valence electrons. The lowest BCUT2D eigenvalue weighted by atomic mass is 10.2. The van der Waals surface area contributed by atoms with E-state index in [0.29, 0.717) is 11.6 Å². The van der Waals surface area contributed by atoms with Gasteiger partial charge in [0.15, 0.2) is 0 Å². The van der Waals surface area contributed by atoms with Crippen LogP contribution in [-0.4, -0.2) is 9.78 Å². The normalized spacial score (nSPS) is 10.8. The van der Waals surface area contributed by atoms with E-state index in [1.165, 1.54) is 12.1 Å². The Morgan fingerprint density at radius 3 is 2.62 bits per heavy atom. The minimum absolute atomic E-state index is 0.122. The van der Waals surface area contributed by atoms with Crippen LogP contribution in [0.5, 0.6) is 0 Å². The summed E-state index contributed by atoms with van der Waals surface area (Å²) in [5, 5.41) is 4.89. The predicted molar refractivity (Wildman–Crippen MR) is 70.5 cm³/mol. The molecule has 0 radical (unpaired) electrons. The maximum Gasteiger partial charge on any atom is 0.142 e. The highest BCUT2D eigenvalue weighted by Gasteiger charge is 2.05. The van der Waals surface area contributed by atoms with Crippen molar-refractivity contribution < 1.29 is 4.39 Å². The largest absolute Gasteiger partial charge is 0.266 e. The Hall–Kier alpha value is -0.330. The maximum atomic E-state index is 13.2. The number of halogens is 4. The molecule has 2 nitrogen and oxygen atoms in total. The maximum absolute atomic E-state index is 13.2. The second kappa shape index (κ2) is 4.89. The molecule has 0 aliphatic rings. The summed E-state index contributed by atoms with van der Waals surface area (Å²) in [7, 11) is 0. The number of benzene rings is 1. The topological polar surface area (TPSA) is 17.8 Å². The Morgan fingerprint density at radius 2 is 2.06 bits per heavy atom. The SMILES string of the molecule is Fc1cc(Cn2cc(Cl)c(I)n2)ccc1Cl. The lowest BCUT2D eigenvalue weighted by molar-refractivity contribution is 0.619. The molecular weight excluding hydrogens is 365 g/mol. The third-order valence-corrected chi connectivity index (χ3v) is 3.70. The zero-order chi connectivity index (χ0) is 11.7. The van der Waals surface area contributed by atoms with E-state index in [-0.39, 0.29) is 5.02 Å². The smallest absolute Gasteiger partial charge is 0.142 e. The summed E-state index contributed by atoms with van der Waals surface area (Å²) in [5.41, 5.74) is 0.789. The molecule has 0 atom stereocenters. The quantitative estimate of drug-likeness (QED) is 0.731. The Balaban J connectivity index is 2.23. The van der Waals surface area contributed by atoms with Crippen LogP contribution < -0.4 is 0 Å². The molecule has 0 unspecified atom stereocenters. The summed E-state index contributed by atoms with van der Waals surface area (Å²) in [6, 6.07) is 4.68. The van der Waals surface area contributed by atoms with E-state index in [1.807, 2.05) is 22.6 Å². The lowest BCUT2D eigenvalue weighted by Crippen LogP contribution is -2.00. The summed E-state index contributed by atoms with van der Waals surface area (Å²) in [6.45, 7) is 0.469. The van der Waals surface area contributed by atoms with Crippen molar-refractivity contribution in [2.24, 2.45) is 0 Å². The van der Waals surface area contributed by atoms with E-state index in [4.69, 9.17) is 23.2 Å². The molecule has 16 heavy (non-hydrogen) atoms. The Bertz CT molecular complexity index is 508. The molecule has 0 bridgehead atoms. The van der Waals surface area contributed by atoms with Gasteiger partial charge in [-0.2, -0.15) is 5.10 Å². The van der Waals surface area contributed by atoms with Gasteiger partial charge in [0, 0.05) is 6.20 Å². The van der Waals surface area contributed by atoms with Gasteiger partial charge in [-0.15, -0.1) is 0 Å². The zero-order valence-corrected chi connectivity index (χ0v) is 11.6. The second-order valence-electron chi connectivity index (χ2n) is 3.21. The molecule has 0 spiro atoms. The Morgan fingerprint density at radius 1 is 1.31 bits per heavy atom. The van der Waals surface area contributed by atoms with Crippen LogP contribution in [0.4, 0.5) is 4.39 Å². The standard InChI is InChI=1S/C10H6Cl2FIN2/c11-7-2-1-6(3-9(7)13)4-16-5-8(12)10(14)15-16/h1-3,5H,4H2. The molecule has 0 saturated heterocycles. The van der Waals surface area contributed by atoms with E-state index in [0.717, 1.165) is 9.26 Å². The fourth-order valence-electron chi connectivity index (χ4n) is 1.28. The van der Waals surface area contributed by atoms with Gasteiger partial charge in [0.05, 0.1) is 16.6 Å². The molecule has 2 aromatic rings. The van der Waals surface area contributed by atoms with Crippen LogP contribution in [0, 0.1) is 9.52 Å². The second-order valence-corrected chi connectivity index (χ2v) is 5.05. The van der Waals surface area contributed by atoms with Gasteiger partial charge < -0.3 is 0 Å². The average molecular weight is 371 g/mol. The zero-order valence-electron chi connectivity index (χ0n) is 7.92. The first-order valence-corrected chi connectivity index (χ1v) is 6.22. The Labute approximate surface area is 115 Å². The van der Waals surface area contributed by atoms with E-state index < -0.39 is 5.82 Å². The number of nitrogens with zero attached hydrogens (tertiary/aromatic N) is 2. The number of rotatable bonds is 2. The summed E-state index contributed by atoms with van der Waals surface area (Å²) in [6.07, 6.45) is 1.70. The van der Waals surface area contributed by atoms with Crippen LogP contribution in [-0.2, 0) is 6.54 Å². The fraction of sp³-hybridized carbons (Fsp3) is 0.100. The first kappa shape index (κ1) is 12.1. The van der Waals surface area contributed by atoms with Gasteiger partial charge >= 0.3 is 0 Å². The summed E-state index contributed by atoms with van der Waals surface area (Å²) in [4.78, 5) is 0. The first-order chi connectivity index (χ1) is 7.56. The Kier molecular flexibility index (Phi) is 3.71. The number of hydrogen-bond donors (Lipinski definition) is 0. The van der Waals surface area contributed by atoms with Crippen LogP contribution in [0.2, 0.25) is 10.0 Å². The van der Waals surface area contributed by atoms with Gasteiger partial charge in [-0.3, -0.25) is 4.68 Å². The van der Waals surface area contributed by atoms with Crippen LogP contribution >= 0.6 is 45.8 Å². The van der Waals surface area contributed by atoms with Crippen molar-refractivity contribution in [3.63, 3.8) is 0 Å². The minimum Gasteiger partial charge on any atom is -0.266 e. The van der Waals surface area contributed by atoms with Gasteiger partial charge in [0.25, 0.3) is 0 Å². The summed E-state index contributed by atoms with van der Waals surface area (Å²) in [5.74, 6) is -0.424. The summed E-state index contributed by atoms with van der Waals surface area (Å²) < 4.78 is 15.6. The highest BCUT2D eigenvalue weighted by molar-refractivity contribution is 14.1. The predicted octanol–water partition coefficient (Wildman–Crippen LogP) is 3.98. The molecule has 0 aliphatic heterocycles. The molecule has 6 heteroatoms. The highest BCUT2D eigenvalue weighted by atomic mass is 127. The highest BCUT2D eigenvalue weighted by Crippen LogP contribution is 2.19. The van der Waals surface area contributed by atoms with Crippen molar-refractivity contribution in [3.8, 4) is 0 Å². The van der Waals surface area contributed by atoms with Crippen molar-refractivity contribution in [1.29, 1.82) is 0 Å². The number of hydrogen-bond acceptors (Lipinski definition) is 1. The fourth-order valence-corrected chi connectivity index (χ4v) is 1.96. The molecule has 0 fully saturated rings. The molecule has 0 N–H and O–H groups in total. The van der Waals surface area contributed by atoms with Crippen molar-refractivity contribution in [2.75, 3.05) is 0 Å². The summed E-state index contributed by atoms with van der Waals surface area (Å²) >= 11 is 13.5. The van der Waals surface area contributed by atoms with Gasteiger partial charge in [-0.1, -0.05) is 29.3 Å². The number of aromatic nitrogens is 2. The van der Waals surface area contributed by atoms with Gasteiger partial charge in [0.1, 0.15) is 9.52 Å². The molecule has 1 aromatic carbocycles. The average Bonchev–Trinajstić information content (AvgIpc) is 2.52. The van der Waals surface area contributed by atoms with E-state index >= 15 is 0 Å². The van der Waals surface area contributed by atoms with Crippen molar-refractivity contribution >= 4 is 45.8 Å². The molecule has 2 rings (SSSR count). The third kappa shape index (κ3) is 2.67. The van der Waals surface area contributed by atoms with Crippen LogP contribution in [0.15, 0.2) is 24.4 Å². The monoisotopic (exact) mass is 370 g/mol. The van der Waals surface area contributed by atoms with Crippen molar-refractivity contribution in [3.05, 3.63) is 49.5 Å². The van der Waals surface area contributed by atoms with Crippen molar-refractivity contribution in [2.45, 2.75) is 6.54 Å². The molecule has 1 heterocycles. The van der Waals surface area contributed by atoms with E-state index in [1.54, 1.807) is 16.9 Å². The molecule has 0 amide bonds. The van der Waals surface area contributed by atoms with Gasteiger partial charge in [0.2, 0.25) is 0 Å². The molecule has 1 aromatic heterocycles. The van der Waals surface area contributed by atoms with Crippen molar-refractivity contribution in [1.82, 2.24) is 9.78 Å². The first-order valence-electron chi connectivity index (χ1n) is 4.38. The van der Waals surface area contributed by atoms with Crippen LogP contribution in [0.25, 0.3) is 0 Å². The lowest BCUT2D eigenvalue weighted by Gasteiger charge is -2.02.